The normalized spacial score (nSPS) is 22.1. The van der Waals surface area contributed by atoms with Gasteiger partial charge in [-0.15, -0.1) is 0 Å². The molecule has 0 amide bonds. The lowest BCUT2D eigenvalue weighted by Crippen LogP contribution is -2.39. The first-order valence-corrected chi connectivity index (χ1v) is 9.69. The maximum absolute atomic E-state index is 4.14. The van der Waals surface area contributed by atoms with Crippen LogP contribution < -0.4 is 5.32 Å². The third-order valence-corrected chi connectivity index (χ3v) is 4.72. The van der Waals surface area contributed by atoms with Gasteiger partial charge in [0, 0.05) is 11.3 Å². The molecule has 1 aliphatic heterocycles. The van der Waals surface area contributed by atoms with E-state index in [1.165, 1.54) is 22.4 Å². The Bertz CT molecular complexity index is 843. The van der Waals surface area contributed by atoms with Crippen molar-refractivity contribution in [2.75, 3.05) is 0 Å². The van der Waals surface area contributed by atoms with Crippen LogP contribution in [0.25, 0.3) is 5.70 Å². The zero-order valence-electron chi connectivity index (χ0n) is 17.0. The van der Waals surface area contributed by atoms with Gasteiger partial charge in [0.1, 0.15) is 5.54 Å². The van der Waals surface area contributed by atoms with Gasteiger partial charge in [-0.1, -0.05) is 98.5 Å². The number of hydrogen-bond donors (Lipinski definition) is 1. The van der Waals surface area contributed by atoms with E-state index in [-0.39, 0.29) is 0 Å². The van der Waals surface area contributed by atoms with Gasteiger partial charge in [0.05, 0.1) is 0 Å². The molecule has 2 rings (SSSR count). The fourth-order valence-corrected chi connectivity index (χ4v) is 3.60. The van der Waals surface area contributed by atoms with Gasteiger partial charge in [-0.25, -0.2) is 0 Å². The Morgan fingerprint density at radius 2 is 1.67 bits per heavy atom. The van der Waals surface area contributed by atoms with Crippen molar-refractivity contribution >= 4 is 5.70 Å². The molecule has 0 saturated carbocycles. The van der Waals surface area contributed by atoms with E-state index in [1.807, 2.05) is 26.0 Å². The summed E-state index contributed by atoms with van der Waals surface area (Å²) in [5.74, 6) is 0. The number of rotatable bonds is 7. The molecule has 1 heteroatoms. The molecule has 1 aromatic rings. The molecule has 1 aromatic carbocycles. The van der Waals surface area contributed by atoms with Gasteiger partial charge in [0.25, 0.3) is 0 Å². The Hall–Kier alpha value is -2.80. The lowest BCUT2D eigenvalue weighted by atomic mass is 9.76. The molecule has 0 aromatic heterocycles. The average molecular weight is 358 g/mol. The Kier molecular flexibility index (Phi) is 7.43. The molecule has 0 aliphatic carbocycles. The molecule has 1 heterocycles. The van der Waals surface area contributed by atoms with Crippen molar-refractivity contribution in [3.05, 3.63) is 114 Å². The second-order valence-corrected chi connectivity index (χ2v) is 6.45. The highest BCUT2D eigenvalue weighted by molar-refractivity contribution is 5.79. The summed E-state index contributed by atoms with van der Waals surface area (Å²) in [4.78, 5) is 0. The third-order valence-electron chi connectivity index (χ3n) is 4.72. The van der Waals surface area contributed by atoms with Crippen molar-refractivity contribution in [3.63, 3.8) is 0 Å². The van der Waals surface area contributed by atoms with Crippen molar-refractivity contribution in [1.82, 2.24) is 5.32 Å². The van der Waals surface area contributed by atoms with Crippen LogP contribution in [0.15, 0.2) is 103 Å². The Balaban J connectivity index is 2.91. The maximum atomic E-state index is 4.14. The van der Waals surface area contributed by atoms with Gasteiger partial charge in [-0.2, -0.15) is 0 Å². The molecule has 1 aliphatic rings. The first-order valence-electron chi connectivity index (χ1n) is 9.69. The van der Waals surface area contributed by atoms with Gasteiger partial charge < -0.3 is 5.32 Å². The SMILES string of the molecule is C=C/C(=C\C=C/C)C1(C(/C=C\C)=C/C=C\C)N/C(=C/CC)c2ccccc21. The lowest BCUT2D eigenvalue weighted by Gasteiger charge is -2.34. The van der Waals surface area contributed by atoms with Crippen molar-refractivity contribution in [3.8, 4) is 0 Å². The summed E-state index contributed by atoms with van der Waals surface area (Å²) >= 11 is 0. The van der Waals surface area contributed by atoms with Crippen LogP contribution in [0.4, 0.5) is 0 Å². The first kappa shape index (κ1) is 20.5. The molecular formula is C26H31N. The zero-order chi connectivity index (χ0) is 19.7. The largest absolute Gasteiger partial charge is 0.368 e. The summed E-state index contributed by atoms with van der Waals surface area (Å²) < 4.78 is 0. The van der Waals surface area contributed by atoms with Crippen molar-refractivity contribution in [2.45, 2.75) is 39.7 Å². The lowest BCUT2D eigenvalue weighted by molar-refractivity contribution is 0.585. The molecule has 1 N–H and O–H groups in total. The van der Waals surface area contributed by atoms with Gasteiger partial charge in [-0.05, 0) is 43.9 Å². The molecule has 0 radical (unpaired) electrons. The zero-order valence-corrected chi connectivity index (χ0v) is 17.0. The molecule has 140 valence electrons. The second kappa shape index (κ2) is 9.78. The van der Waals surface area contributed by atoms with Crippen LogP contribution in [0.3, 0.4) is 0 Å². The maximum Gasteiger partial charge on any atom is 0.114 e. The minimum Gasteiger partial charge on any atom is -0.368 e. The van der Waals surface area contributed by atoms with Crippen LogP contribution in [0.2, 0.25) is 0 Å². The Labute approximate surface area is 164 Å². The van der Waals surface area contributed by atoms with E-state index in [0.29, 0.717) is 0 Å². The standard InChI is InChI=1S/C26H31N/c1-6-11-17-21(10-5)26(22(15-8-3)18-12-7-2)24-20-14-13-19-23(24)25(27-26)16-9-4/h6-8,10-20,27H,5,9H2,1-4H3/b11-6-,12-7-,15-8-,21-17+,22-18+,25-16+. The van der Waals surface area contributed by atoms with Crippen LogP contribution in [-0.4, -0.2) is 0 Å². The fourth-order valence-electron chi connectivity index (χ4n) is 3.60. The number of fused-ring (bicyclic) bond motifs is 1. The van der Waals surface area contributed by atoms with Crippen LogP contribution in [-0.2, 0) is 5.54 Å². The fraction of sp³-hybridized carbons (Fsp3) is 0.231. The molecule has 0 saturated heterocycles. The smallest absolute Gasteiger partial charge is 0.114 e. The number of nitrogens with one attached hydrogen (secondary N) is 1. The Morgan fingerprint density at radius 3 is 2.26 bits per heavy atom. The molecule has 1 unspecified atom stereocenters. The third kappa shape index (κ3) is 3.98. The summed E-state index contributed by atoms with van der Waals surface area (Å²) in [7, 11) is 0. The van der Waals surface area contributed by atoms with Gasteiger partial charge in [-0.3, -0.25) is 0 Å². The van der Waals surface area contributed by atoms with E-state index < -0.39 is 5.54 Å². The van der Waals surface area contributed by atoms with Crippen LogP contribution in [0.5, 0.6) is 0 Å². The highest BCUT2D eigenvalue weighted by atomic mass is 15.0. The molecule has 0 fully saturated rings. The van der Waals surface area contributed by atoms with Crippen LogP contribution in [0.1, 0.15) is 45.2 Å². The quantitative estimate of drug-likeness (QED) is 0.518. The summed E-state index contributed by atoms with van der Waals surface area (Å²) in [5.41, 5.74) is 5.53. The van der Waals surface area contributed by atoms with Gasteiger partial charge in [0.2, 0.25) is 0 Å². The Morgan fingerprint density at radius 1 is 1.00 bits per heavy atom. The van der Waals surface area contributed by atoms with Crippen molar-refractivity contribution < 1.29 is 0 Å². The number of benzene rings is 1. The summed E-state index contributed by atoms with van der Waals surface area (Å²) in [6, 6.07) is 8.64. The van der Waals surface area contributed by atoms with Crippen LogP contribution in [0, 0.1) is 0 Å². The molecule has 0 bridgehead atoms. The van der Waals surface area contributed by atoms with Crippen molar-refractivity contribution in [2.24, 2.45) is 0 Å². The summed E-state index contributed by atoms with van der Waals surface area (Å²) in [6.45, 7) is 12.4. The topological polar surface area (TPSA) is 12.0 Å². The highest BCUT2D eigenvalue weighted by Crippen LogP contribution is 2.47. The molecule has 1 nitrogen and oxygen atoms in total. The molecule has 27 heavy (non-hydrogen) atoms. The molecular weight excluding hydrogens is 326 g/mol. The van der Waals surface area contributed by atoms with E-state index in [4.69, 9.17) is 0 Å². The van der Waals surface area contributed by atoms with E-state index in [1.54, 1.807) is 0 Å². The van der Waals surface area contributed by atoms with Crippen LogP contribution >= 0.6 is 0 Å². The summed E-state index contributed by atoms with van der Waals surface area (Å²) in [6.07, 6.45) is 22.1. The molecule has 0 spiro atoms. The molecule has 1 atom stereocenters. The minimum atomic E-state index is -0.467. The van der Waals surface area contributed by atoms with E-state index in [0.717, 1.165) is 12.0 Å². The van der Waals surface area contributed by atoms with E-state index in [9.17, 15) is 0 Å². The first-order chi connectivity index (χ1) is 13.2. The predicted octanol–water partition coefficient (Wildman–Crippen LogP) is 7.00. The predicted molar refractivity (Wildman–Crippen MR) is 120 cm³/mol. The number of hydrogen-bond acceptors (Lipinski definition) is 1. The second-order valence-electron chi connectivity index (χ2n) is 6.45. The highest BCUT2D eigenvalue weighted by Gasteiger charge is 2.44. The van der Waals surface area contributed by atoms with Gasteiger partial charge in [0.15, 0.2) is 0 Å². The summed E-state index contributed by atoms with van der Waals surface area (Å²) in [5, 5.41) is 3.86. The monoisotopic (exact) mass is 357 g/mol. The average Bonchev–Trinajstić information content (AvgIpc) is 3.01. The minimum absolute atomic E-state index is 0.467. The van der Waals surface area contributed by atoms with E-state index >= 15 is 0 Å². The number of allylic oxidation sites excluding steroid dienone is 8. The van der Waals surface area contributed by atoms with E-state index in [2.05, 4.69) is 98.6 Å². The van der Waals surface area contributed by atoms with Crippen molar-refractivity contribution in [1.29, 1.82) is 0 Å². The van der Waals surface area contributed by atoms with Gasteiger partial charge >= 0.3 is 0 Å².